The Morgan fingerprint density at radius 3 is 2.00 bits per heavy atom. The quantitative estimate of drug-likeness (QED) is 0.294. The number of carboxylic acids is 2. The van der Waals surface area contributed by atoms with Crippen molar-refractivity contribution in [3.63, 3.8) is 0 Å². The molecular weight excluding hydrogens is 556 g/mol. The van der Waals surface area contributed by atoms with E-state index in [0.717, 1.165) is 20.8 Å². The van der Waals surface area contributed by atoms with Crippen molar-refractivity contribution >= 4 is 46.3 Å². The third kappa shape index (κ3) is 4.67. The van der Waals surface area contributed by atoms with Gasteiger partial charge in [0, 0.05) is 42.8 Å². The minimum Gasteiger partial charge on any atom is -0.507 e. The van der Waals surface area contributed by atoms with Crippen molar-refractivity contribution in [2.24, 2.45) is 29.6 Å². The fourth-order valence-electron chi connectivity index (χ4n) is 7.81. The second kappa shape index (κ2) is 10.9. The molecular formula is C32H32N2O9. The van der Waals surface area contributed by atoms with Crippen molar-refractivity contribution in [1.82, 2.24) is 9.80 Å². The van der Waals surface area contributed by atoms with Gasteiger partial charge in [-0.3, -0.25) is 38.6 Å². The highest BCUT2D eigenvalue weighted by Gasteiger charge is 2.62. The monoisotopic (exact) mass is 588 g/mol. The fraction of sp³-hybridized carbons (Fsp3) is 0.438. The molecule has 2 saturated heterocycles. The summed E-state index contributed by atoms with van der Waals surface area (Å²) in [5, 5.41) is 31.0. The van der Waals surface area contributed by atoms with Gasteiger partial charge in [0.25, 0.3) is 0 Å². The first-order valence-corrected chi connectivity index (χ1v) is 14.6. The maximum Gasteiger partial charge on any atom is 0.303 e. The summed E-state index contributed by atoms with van der Waals surface area (Å²) in [7, 11) is 0. The number of nitrogens with zero attached hydrogens (tertiary/aromatic N) is 2. The average molecular weight is 589 g/mol. The Morgan fingerprint density at radius 2 is 1.35 bits per heavy atom. The topological polar surface area (TPSA) is 170 Å². The average Bonchev–Trinajstić information content (AvgIpc) is 3.36. The number of allylic oxidation sites excluding steroid dienone is 2. The van der Waals surface area contributed by atoms with Gasteiger partial charge in [-0.2, -0.15) is 0 Å². The molecule has 1 saturated carbocycles. The zero-order chi connectivity index (χ0) is 30.6. The van der Waals surface area contributed by atoms with Crippen molar-refractivity contribution in [3.8, 4) is 5.75 Å². The molecule has 2 aliphatic carbocycles. The molecule has 2 aromatic carbocycles. The number of carbonyl (C=O) groups excluding carboxylic acids is 4. The number of benzene rings is 2. The number of carbonyl (C=O) groups is 6. The third-order valence-electron chi connectivity index (χ3n) is 9.64. The van der Waals surface area contributed by atoms with E-state index in [4.69, 9.17) is 10.2 Å². The Hall–Kier alpha value is -4.54. The van der Waals surface area contributed by atoms with Crippen LogP contribution < -0.4 is 0 Å². The van der Waals surface area contributed by atoms with Crippen LogP contribution in [0.5, 0.6) is 5.75 Å². The van der Waals surface area contributed by atoms with Gasteiger partial charge >= 0.3 is 11.9 Å². The first-order chi connectivity index (χ1) is 20.6. The number of phenols is 1. The van der Waals surface area contributed by atoms with Gasteiger partial charge < -0.3 is 15.3 Å². The summed E-state index contributed by atoms with van der Waals surface area (Å²) in [5.74, 6) is -7.99. The van der Waals surface area contributed by atoms with E-state index in [9.17, 15) is 33.9 Å². The Morgan fingerprint density at radius 1 is 0.744 bits per heavy atom. The van der Waals surface area contributed by atoms with Crippen LogP contribution in [-0.2, 0) is 28.8 Å². The van der Waals surface area contributed by atoms with E-state index < -0.39 is 65.2 Å². The van der Waals surface area contributed by atoms with Crippen LogP contribution in [-0.4, -0.2) is 73.8 Å². The van der Waals surface area contributed by atoms with Gasteiger partial charge in [-0.15, -0.1) is 0 Å². The summed E-state index contributed by atoms with van der Waals surface area (Å²) in [6, 6.07) is 10.8. The van der Waals surface area contributed by atoms with E-state index in [1.54, 1.807) is 18.2 Å². The van der Waals surface area contributed by atoms with Crippen LogP contribution in [0.2, 0.25) is 0 Å². The molecule has 224 valence electrons. The summed E-state index contributed by atoms with van der Waals surface area (Å²) in [6.45, 7) is -0.0489. The lowest BCUT2D eigenvalue weighted by molar-refractivity contribution is -0.143. The molecule has 0 radical (unpaired) electrons. The second-order valence-corrected chi connectivity index (χ2v) is 11.9. The number of imide groups is 2. The van der Waals surface area contributed by atoms with Crippen LogP contribution in [0.25, 0.3) is 10.8 Å². The highest BCUT2D eigenvalue weighted by Crippen LogP contribution is 2.59. The Kier molecular flexibility index (Phi) is 7.27. The molecule has 0 bridgehead atoms. The molecule has 2 heterocycles. The maximum absolute atomic E-state index is 13.9. The van der Waals surface area contributed by atoms with E-state index in [2.05, 4.69) is 0 Å². The predicted octanol–water partition coefficient (Wildman–Crippen LogP) is 2.91. The molecule has 0 unspecified atom stereocenters. The highest BCUT2D eigenvalue weighted by atomic mass is 16.4. The van der Waals surface area contributed by atoms with Crippen LogP contribution in [0.1, 0.15) is 50.0 Å². The van der Waals surface area contributed by atoms with Crippen molar-refractivity contribution in [2.45, 2.75) is 44.4 Å². The van der Waals surface area contributed by atoms with Gasteiger partial charge in [0.15, 0.2) is 0 Å². The summed E-state index contributed by atoms with van der Waals surface area (Å²) in [5.41, 5.74) is 1.21. The van der Waals surface area contributed by atoms with Gasteiger partial charge in [-0.05, 0) is 37.0 Å². The smallest absolute Gasteiger partial charge is 0.303 e. The molecule has 11 heteroatoms. The van der Waals surface area contributed by atoms with Gasteiger partial charge in [0.1, 0.15) is 5.75 Å². The number of rotatable bonds is 9. The Labute approximate surface area is 246 Å². The van der Waals surface area contributed by atoms with Crippen LogP contribution in [0.15, 0.2) is 48.0 Å². The number of hydrogen-bond donors (Lipinski definition) is 3. The number of fused-ring (bicyclic) bond motifs is 5. The first-order valence-electron chi connectivity index (χ1n) is 14.6. The van der Waals surface area contributed by atoms with E-state index in [0.29, 0.717) is 10.9 Å². The van der Waals surface area contributed by atoms with Crippen LogP contribution in [0.3, 0.4) is 0 Å². The molecule has 0 aromatic heterocycles. The van der Waals surface area contributed by atoms with Crippen molar-refractivity contribution in [3.05, 3.63) is 53.6 Å². The molecule has 6 rings (SSSR count). The fourth-order valence-corrected chi connectivity index (χ4v) is 7.81. The van der Waals surface area contributed by atoms with Crippen LogP contribution >= 0.6 is 0 Å². The molecule has 11 nitrogen and oxygen atoms in total. The van der Waals surface area contributed by atoms with Crippen LogP contribution in [0, 0.1) is 29.6 Å². The van der Waals surface area contributed by atoms with Gasteiger partial charge in [0.2, 0.25) is 23.6 Å². The standard InChI is InChI=1S/C32H32N2O9/c35-23(36)7-3-13-33-29(40)20-12-11-18-21(26(20)31(33)42)15-22-27(32(43)34(30(22)41)14-4-8-24(37)38)25(18)19-10-9-16-5-1-2-6-17(16)28(19)39/h1-2,5-6,9-11,20-22,25-27,39H,3-4,7-8,12-15H2,(H,35,36)(H,37,38)/t20-,21+,22+,25+,26-,27+/m0/s1. The number of aliphatic carboxylic acids is 2. The zero-order valence-corrected chi connectivity index (χ0v) is 23.3. The Bertz CT molecular complexity index is 1600. The number of carboxylic acid groups (broad SMARTS) is 2. The highest BCUT2D eigenvalue weighted by molar-refractivity contribution is 6.08. The van der Waals surface area contributed by atoms with Gasteiger partial charge in [0.05, 0.1) is 23.7 Å². The molecule has 2 aliphatic heterocycles. The lowest BCUT2D eigenvalue weighted by atomic mass is 9.57. The van der Waals surface area contributed by atoms with Crippen molar-refractivity contribution in [2.75, 3.05) is 13.1 Å². The molecule has 0 spiro atoms. The molecule has 2 aromatic rings. The number of phenolic OH excluding ortho intramolecular Hbond substituents is 1. The van der Waals surface area contributed by atoms with Gasteiger partial charge in [-0.25, -0.2) is 0 Å². The lowest BCUT2D eigenvalue weighted by Gasteiger charge is -2.44. The van der Waals surface area contributed by atoms with E-state index in [1.165, 1.54) is 0 Å². The van der Waals surface area contributed by atoms with Crippen molar-refractivity contribution < 1.29 is 44.1 Å². The maximum atomic E-state index is 13.9. The number of hydrogen-bond acceptors (Lipinski definition) is 7. The predicted molar refractivity (Wildman–Crippen MR) is 150 cm³/mol. The number of likely N-dealkylation sites (tertiary alicyclic amines) is 2. The largest absolute Gasteiger partial charge is 0.507 e. The van der Waals surface area contributed by atoms with Crippen LogP contribution in [0.4, 0.5) is 0 Å². The summed E-state index contributed by atoms with van der Waals surface area (Å²) < 4.78 is 0. The van der Waals surface area contributed by atoms with E-state index in [-0.39, 0.29) is 63.3 Å². The van der Waals surface area contributed by atoms with Gasteiger partial charge in [-0.1, -0.05) is 48.0 Å². The summed E-state index contributed by atoms with van der Waals surface area (Å²) in [6.07, 6.45) is 2.17. The van der Waals surface area contributed by atoms with Crippen molar-refractivity contribution in [1.29, 1.82) is 0 Å². The third-order valence-corrected chi connectivity index (χ3v) is 9.64. The number of amides is 4. The Balaban J connectivity index is 1.41. The molecule has 4 amide bonds. The normalized spacial score (nSPS) is 28.1. The van der Waals surface area contributed by atoms with E-state index >= 15 is 0 Å². The molecule has 43 heavy (non-hydrogen) atoms. The minimum atomic E-state index is -1.03. The zero-order valence-electron chi connectivity index (χ0n) is 23.3. The van der Waals surface area contributed by atoms with E-state index in [1.807, 2.05) is 24.3 Å². The molecule has 3 N–H and O–H groups in total. The lowest BCUT2D eigenvalue weighted by Crippen LogP contribution is -2.43. The minimum absolute atomic E-state index is 0.00522. The SMILES string of the molecule is O=C(O)CCCN1C(=O)[C@H]2[C@H](CC=C3[C@H]2C[C@H]2C(=O)N(CCCC(=O)O)C(=O)[C@H]2[C@H]3c2ccc3ccccc3c2O)C1=O. The number of aromatic hydroxyl groups is 1. The summed E-state index contributed by atoms with van der Waals surface area (Å²) >= 11 is 0. The first kappa shape index (κ1) is 28.6. The molecule has 4 aliphatic rings. The molecule has 3 fully saturated rings. The summed E-state index contributed by atoms with van der Waals surface area (Å²) in [4.78, 5) is 79.1. The molecule has 6 atom stereocenters. The second-order valence-electron chi connectivity index (χ2n) is 11.9.